The summed E-state index contributed by atoms with van der Waals surface area (Å²) in [6.45, 7) is 10.4. The van der Waals surface area contributed by atoms with Crippen molar-refractivity contribution in [3.8, 4) is 0 Å². The molecule has 26 heavy (non-hydrogen) atoms. The highest BCUT2D eigenvalue weighted by Gasteiger charge is 2.46. The molecule has 142 valence electrons. The van der Waals surface area contributed by atoms with Crippen LogP contribution in [0.1, 0.15) is 34.1 Å². The summed E-state index contributed by atoms with van der Waals surface area (Å²) in [6.07, 6.45) is 3.77. The zero-order valence-corrected chi connectivity index (χ0v) is 15.6. The van der Waals surface area contributed by atoms with Crippen LogP contribution in [-0.2, 0) is 19.1 Å². The molecule has 0 bridgehead atoms. The smallest absolute Gasteiger partial charge is 0.334 e. The molecule has 5 unspecified atom stereocenters. The molecule has 1 heterocycles. The number of rotatable bonds is 2. The average Bonchev–Trinajstić information content (AvgIpc) is 2.84. The van der Waals surface area contributed by atoms with E-state index in [2.05, 4.69) is 6.58 Å². The molecule has 0 aromatic carbocycles. The number of allylic oxidation sites excluding steroid dienone is 1. The minimum absolute atomic E-state index is 0.0304. The molecule has 1 saturated heterocycles. The molecular formula is C20H26O6. The topological polar surface area (TPSA) is 93.1 Å². The third kappa shape index (κ3) is 4.31. The number of carbonyl (C=O) groups is 2. The van der Waals surface area contributed by atoms with Crippen LogP contribution < -0.4 is 0 Å². The van der Waals surface area contributed by atoms with Crippen LogP contribution in [0.15, 0.2) is 47.6 Å². The molecule has 1 aliphatic carbocycles. The van der Waals surface area contributed by atoms with E-state index in [0.29, 0.717) is 11.1 Å². The highest BCUT2D eigenvalue weighted by Crippen LogP contribution is 2.37. The number of hydrogen-bond acceptors (Lipinski definition) is 6. The first kappa shape index (κ1) is 20.1. The molecule has 0 radical (unpaired) electrons. The van der Waals surface area contributed by atoms with E-state index in [1.807, 2.05) is 0 Å². The molecule has 1 fully saturated rings. The fourth-order valence-electron chi connectivity index (χ4n) is 3.05. The lowest BCUT2D eigenvalue weighted by molar-refractivity contribution is -0.150. The lowest BCUT2D eigenvalue weighted by atomic mass is 9.82. The van der Waals surface area contributed by atoms with Gasteiger partial charge in [-0.15, -0.1) is 0 Å². The number of carbonyl (C=O) groups excluding carboxylic acids is 2. The second-order valence-corrected chi connectivity index (χ2v) is 7.11. The van der Waals surface area contributed by atoms with Gasteiger partial charge in [0.25, 0.3) is 0 Å². The lowest BCUT2D eigenvalue weighted by Gasteiger charge is -2.32. The number of esters is 2. The predicted molar refractivity (Wildman–Crippen MR) is 96.0 cm³/mol. The number of ether oxygens (including phenoxy) is 2. The molecule has 0 saturated carbocycles. The van der Waals surface area contributed by atoms with E-state index in [1.165, 1.54) is 12.2 Å². The van der Waals surface area contributed by atoms with Gasteiger partial charge in [-0.1, -0.05) is 24.8 Å². The minimum Gasteiger partial charge on any atom is -0.458 e. The lowest BCUT2D eigenvalue weighted by Crippen LogP contribution is -2.40. The Labute approximate surface area is 153 Å². The van der Waals surface area contributed by atoms with Crippen LogP contribution in [0, 0.1) is 5.92 Å². The van der Waals surface area contributed by atoms with Gasteiger partial charge in [0.15, 0.2) is 0 Å². The van der Waals surface area contributed by atoms with Crippen molar-refractivity contribution in [3.63, 3.8) is 0 Å². The van der Waals surface area contributed by atoms with E-state index >= 15 is 0 Å². The Kier molecular flexibility index (Phi) is 5.88. The molecule has 2 aliphatic rings. The van der Waals surface area contributed by atoms with Crippen molar-refractivity contribution in [1.29, 1.82) is 0 Å². The highest BCUT2D eigenvalue weighted by molar-refractivity contribution is 5.92. The quantitative estimate of drug-likeness (QED) is 0.443. The summed E-state index contributed by atoms with van der Waals surface area (Å²) in [7, 11) is 0. The van der Waals surface area contributed by atoms with E-state index in [9.17, 15) is 19.8 Å². The van der Waals surface area contributed by atoms with Gasteiger partial charge in [0, 0.05) is 17.6 Å². The van der Waals surface area contributed by atoms with E-state index in [-0.39, 0.29) is 12.0 Å². The van der Waals surface area contributed by atoms with Gasteiger partial charge >= 0.3 is 11.9 Å². The first-order chi connectivity index (χ1) is 12.1. The molecule has 5 atom stereocenters. The zero-order valence-electron chi connectivity index (χ0n) is 15.6. The van der Waals surface area contributed by atoms with Crippen LogP contribution >= 0.6 is 0 Å². The van der Waals surface area contributed by atoms with E-state index < -0.39 is 41.8 Å². The molecule has 0 aromatic rings. The predicted octanol–water partition coefficient (Wildman–Crippen LogP) is 1.98. The first-order valence-corrected chi connectivity index (χ1v) is 8.57. The van der Waals surface area contributed by atoms with Gasteiger partial charge in [-0.3, -0.25) is 0 Å². The second kappa shape index (κ2) is 7.60. The zero-order chi connectivity index (χ0) is 19.6. The summed E-state index contributed by atoms with van der Waals surface area (Å²) in [6, 6.07) is 0. The Morgan fingerprint density at radius 3 is 2.77 bits per heavy atom. The van der Waals surface area contributed by atoms with Crippen LogP contribution in [0.3, 0.4) is 0 Å². The Balaban J connectivity index is 2.48. The van der Waals surface area contributed by atoms with Crippen molar-refractivity contribution in [2.45, 2.75) is 58.0 Å². The number of aliphatic hydroxyl groups excluding tert-OH is 1. The van der Waals surface area contributed by atoms with Gasteiger partial charge in [0.1, 0.15) is 12.2 Å². The first-order valence-electron chi connectivity index (χ1n) is 8.57. The Morgan fingerprint density at radius 2 is 2.15 bits per heavy atom. The normalized spacial score (nSPS) is 36.7. The maximum absolute atomic E-state index is 12.3. The van der Waals surface area contributed by atoms with Gasteiger partial charge in [-0.2, -0.15) is 0 Å². The fourth-order valence-corrected chi connectivity index (χ4v) is 3.05. The maximum Gasteiger partial charge on any atom is 0.334 e. The van der Waals surface area contributed by atoms with Crippen LogP contribution in [0.25, 0.3) is 0 Å². The Hall–Kier alpha value is -2.18. The highest BCUT2D eigenvalue weighted by atomic mass is 16.6. The average molecular weight is 362 g/mol. The molecule has 6 heteroatoms. The standard InChI is InChI=1S/C20H26O6/c1-6-11(2)18(22)26-16-10-20(5,24)8-7-14(21)12(3)9-15-17(16)13(4)19(23)25-15/h6-9,14-17,21,24H,4,10H2,1-3,5H3/b8-7-,11-6+,12-9?. The van der Waals surface area contributed by atoms with E-state index in [0.717, 1.165) is 0 Å². The van der Waals surface area contributed by atoms with Crippen molar-refractivity contribution in [2.75, 3.05) is 0 Å². The molecule has 0 spiro atoms. The van der Waals surface area contributed by atoms with Gasteiger partial charge < -0.3 is 19.7 Å². The summed E-state index contributed by atoms with van der Waals surface area (Å²) in [5.41, 5.74) is -0.188. The summed E-state index contributed by atoms with van der Waals surface area (Å²) in [4.78, 5) is 24.4. The Morgan fingerprint density at radius 1 is 1.50 bits per heavy atom. The molecule has 6 nitrogen and oxygen atoms in total. The number of hydrogen-bond donors (Lipinski definition) is 2. The summed E-state index contributed by atoms with van der Waals surface area (Å²) in [5, 5.41) is 20.9. The Bertz CT molecular complexity index is 697. The minimum atomic E-state index is -1.36. The number of fused-ring (bicyclic) bond motifs is 1. The van der Waals surface area contributed by atoms with Gasteiger partial charge in [-0.25, -0.2) is 9.59 Å². The van der Waals surface area contributed by atoms with Crippen LogP contribution in [0.4, 0.5) is 0 Å². The van der Waals surface area contributed by atoms with Gasteiger partial charge in [0.05, 0.1) is 17.6 Å². The molecule has 1 aliphatic heterocycles. The largest absolute Gasteiger partial charge is 0.458 e. The molecule has 2 N–H and O–H groups in total. The van der Waals surface area contributed by atoms with E-state index in [4.69, 9.17) is 9.47 Å². The third-order valence-corrected chi connectivity index (χ3v) is 4.82. The second-order valence-electron chi connectivity index (χ2n) is 7.11. The van der Waals surface area contributed by atoms with Crippen molar-refractivity contribution in [1.82, 2.24) is 0 Å². The van der Waals surface area contributed by atoms with Crippen LogP contribution in [-0.4, -0.2) is 46.1 Å². The van der Waals surface area contributed by atoms with Crippen LogP contribution in [0.2, 0.25) is 0 Å². The summed E-state index contributed by atoms with van der Waals surface area (Å²) < 4.78 is 11.0. The van der Waals surface area contributed by atoms with Crippen LogP contribution in [0.5, 0.6) is 0 Å². The van der Waals surface area contributed by atoms with Gasteiger partial charge in [-0.05, 0) is 39.3 Å². The summed E-state index contributed by atoms with van der Waals surface area (Å²) in [5.74, 6) is -1.74. The molecular weight excluding hydrogens is 336 g/mol. The van der Waals surface area contributed by atoms with Crippen molar-refractivity contribution in [3.05, 3.63) is 47.6 Å². The van der Waals surface area contributed by atoms with Crippen molar-refractivity contribution in [2.24, 2.45) is 5.92 Å². The molecule has 0 aromatic heterocycles. The maximum atomic E-state index is 12.3. The van der Waals surface area contributed by atoms with Gasteiger partial charge in [0.2, 0.25) is 0 Å². The monoisotopic (exact) mass is 362 g/mol. The SMILES string of the molecule is C=C1C(=O)OC2C=C(C)C(O)/C=C\C(C)(O)CC(OC(=O)/C(C)=C/C)C12. The fraction of sp³-hybridized carbons (Fsp3) is 0.500. The number of aliphatic hydroxyl groups is 2. The van der Waals surface area contributed by atoms with Crippen molar-refractivity contribution < 1.29 is 29.3 Å². The molecule has 0 amide bonds. The third-order valence-electron chi connectivity index (χ3n) is 4.82. The van der Waals surface area contributed by atoms with E-state index in [1.54, 1.807) is 39.8 Å². The molecule has 2 rings (SSSR count). The summed E-state index contributed by atoms with van der Waals surface area (Å²) >= 11 is 0. The van der Waals surface area contributed by atoms with Crippen molar-refractivity contribution >= 4 is 11.9 Å².